The van der Waals surface area contributed by atoms with Gasteiger partial charge in [-0.2, -0.15) is 0 Å². The summed E-state index contributed by atoms with van der Waals surface area (Å²) in [5.41, 5.74) is 1.92. The zero-order chi connectivity index (χ0) is 17.1. The normalized spacial score (nSPS) is 15.6. The number of nitrogens with one attached hydrogen (secondary N) is 1. The van der Waals surface area contributed by atoms with Crippen LogP contribution in [-0.4, -0.2) is 25.2 Å². The quantitative estimate of drug-likeness (QED) is 0.685. The maximum Gasteiger partial charge on any atom is 0.281 e. The van der Waals surface area contributed by atoms with E-state index in [9.17, 15) is 4.79 Å². The largest absolute Gasteiger partial charge is 0.497 e. The Hall–Kier alpha value is -2.86. The molecule has 1 saturated heterocycles. The molecule has 0 saturated carbocycles. The first-order valence-corrected chi connectivity index (χ1v) is 7.68. The highest BCUT2D eigenvalue weighted by molar-refractivity contribution is 7.80. The van der Waals surface area contributed by atoms with Crippen LogP contribution in [0.2, 0.25) is 0 Å². The summed E-state index contributed by atoms with van der Waals surface area (Å²) in [5.74, 6) is 1.17. The van der Waals surface area contributed by atoms with E-state index in [2.05, 4.69) is 5.32 Å². The molecule has 1 heterocycles. The van der Waals surface area contributed by atoms with Crippen LogP contribution in [0.3, 0.4) is 0 Å². The molecule has 6 heteroatoms. The smallest absolute Gasteiger partial charge is 0.281 e. The van der Waals surface area contributed by atoms with Gasteiger partial charge in [-0.25, -0.2) is 0 Å². The number of nitrogens with zero attached hydrogens (tertiary/aromatic N) is 1. The number of methoxy groups -OCH3 is 2. The van der Waals surface area contributed by atoms with E-state index in [-0.39, 0.29) is 5.91 Å². The number of benzene rings is 2. The topological polar surface area (TPSA) is 50.8 Å². The van der Waals surface area contributed by atoms with Crippen LogP contribution in [-0.2, 0) is 4.79 Å². The van der Waals surface area contributed by atoms with Crippen molar-refractivity contribution in [3.8, 4) is 11.5 Å². The molecular formula is C18H16N2O3S. The van der Waals surface area contributed by atoms with E-state index in [1.807, 2.05) is 42.5 Å². The molecule has 0 spiro atoms. The van der Waals surface area contributed by atoms with Gasteiger partial charge < -0.3 is 14.8 Å². The number of thiocarbonyl (C=S) groups is 1. The van der Waals surface area contributed by atoms with Crippen molar-refractivity contribution in [2.45, 2.75) is 0 Å². The minimum atomic E-state index is -0.212. The van der Waals surface area contributed by atoms with E-state index < -0.39 is 0 Å². The van der Waals surface area contributed by atoms with Crippen LogP contribution in [0.1, 0.15) is 5.56 Å². The predicted octanol–water partition coefficient (Wildman–Crippen LogP) is 2.97. The van der Waals surface area contributed by atoms with E-state index in [1.54, 1.807) is 26.4 Å². The monoisotopic (exact) mass is 340 g/mol. The first kappa shape index (κ1) is 16.0. The van der Waals surface area contributed by atoms with Crippen molar-refractivity contribution in [2.75, 3.05) is 19.1 Å². The molecule has 5 nitrogen and oxygen atoms in total. The van der Waals surface area contributed by atoms with Crippen molar-refractivity contribution in [1.29, 1.82) is 0 Å². The van der Waals surface area contributed by atoms with Gasteiger partial charge in [0.2, 0.25) is 0 Å². The number of hydrogen-bond acceptors (Lipinski definition) is 4. The summed E-state index contributed by atoms with van der Waals surface area (Å²) in [7, 11) is 3.18. The SMILES string of the molecule is COc1cccc(C=C2NC(=S)N(c3cccc(OC)c3)C2=O)c1. The Morgan fingerprint density at radius 1 is 1.04 bits per heavy atom. The minimum Gasteiger partial charge on any atom is -0.497 e. The average molecular weight is 340 g/mol. The van der Waals surface area contributed by atoms with E-state index in [0.29, 0.717) is 22.2 Å². The van der Waals surface area contributed by atoms with Gasteiger partial charge in [0.15, 0.2) is 5.11 Å². The summed E-state index contributed by atoms with van der Waals surface area (Å²) in [5, 5.41) is 3.30. The fourth-order valence-electron chi connectivity index (χ4n) is 2.42. The molecule has 0 unspecified atom stereocenters. The van der Waals surface area contributed by atoms with E-state index >= 15 is 0 Å². The highest BCUT2D eigenvalue weighted by Crippen LogP contribution is 2.26. The molecule has 0 radical (unpaired) electrons. The van der Waals surface area contributed by atoms with Gasteiger partial charge >= 0.3 is 0 Å². The molecule has 3 rings (SSSR count). The van der Waals surface area contributed by atoms with Gasteiger partial charge in [-0.05, 0) is 48.1 Å². The second-order valence-electron chi connectivity index (χ2n) is 5.11. The third-order valence-electron chi connectivity index (χ3n) is 3.59. The van der Waals surface area contributed by atoms with Gasteiger partial charge in [0.1, 0.15) is 17.2 Å². The number of carbonyl (C=O) groups excluding carboxylic acids is 1. The molecule has 1 fully saturated rings. The Morgan fingerprint density at radius 2 is 1.71 bits per heavy atom. The molecule has 2 aromatic carbocycles. The fourth-order valence-corrected chi connectivity index (χ4v) is 2.72. The molecule has 122 valence electrons. The van der Waals surface area contributed by atoms with Gasteiger partial charge in [0.05, 0.1) is 19.9 Å². The number of hydrogen-bond donors (Lipinski definition) is 1. The highest BCUT2D eigenvalue weighted by atomic mass is 32.1. The molecule has 0 aromatic heterocycles. The zero-order valence-electron chi connectivity index (χ0n) is 13.3. The highest BCUT2D eigenvalue weighted by Gasteiger charge is 2.32. The van der Waals surface area contributed by atoms with Crippen molar-refractivity contribution in [2.24, 2.45) is 0 Å². The van der Waals surface area contributed by atoms with E-state index in [1.165, 1.54) is 4.90 Å². The standard InChI is InChI=1S/C18H16N2O3S/c1-22-14-7-3-5-12(9-14)10-16-17(21)20(18(24)19-16)13-6-4-8-15(11-13)23-2/h3-11H,1-2H3,(H,19,24). The second-order valence-corrected chi connectivity index (χ2v) is 5.49. The van der Waals surface area contributed by atoms with Crippen molar-refractivity contribution in [3.63, 3.8) is 0 Å². The summed E-state index contributed by atoms with van der Waals surface area (Å²) in [6.07, 6.45) is 1.75. The maximum absolute atomic E-state index is 12.7. The Labute approximate surface area is 145 Å². The van der Waals surface area contributed by atoms with Crippen molar-refractivity contribution in [1.82, 2.24) is 5.32 Å². The molecule has 1 amide bonds. The maximum atomic E-state index is 12.7. The van der Waals surface area contributed by atoms with Gasteiger partial charge in [-0.15, -0.1) is 0 Å². The lowest BCUT2D eigenvalue weighted by Gasteiger charge is -2.14. The number of amides is 1. The summed E-state index contributed by atoms with van der Waals surface area (Å²) in [6, 6.07) is 14.6. The molecule has 0 bridgehead atoms. The zero-order valence-corrected chi connectivity index (χ0v) is 14.1. The van der Waals surface area contributed by atoms with Crippen LogP contribution >= 0.6 is 12.2 Å². The Bertz CT molecular complexity index is 833. The summed E-state index contributed by atoms with van der Waals surface area (Å²) >= 11 is 5.31. The molecule has 1 aliphatic rings. The van der Waals surface area contributed by atoms with Gasteiger partial charge in [-0.3, -0.25) is 9.69 Å². The van der Waals surface area contributed by atoms with Crippen LogP contribution < -0.4 is 19.7 Å². The van der Waals surface area contributed by atoms with Crippen LogP contribution in [0.25, 0.3) is 6.08 Å². The van der Waals surface area contributed by atoms with Crippen LogP contribution in [0.15, 0.2) is 54.2 Å². The van der Waals surface area contributed by atoms with Crippen molar-refractivity contribution >= 4 is 35.0 Å². The summed E-state index contributed by atoms with van der Waals surface area (Å²) < 4.78 is 10.4. The lowest BCUT2D eigenvalue weighted by Crippen LogP contribution is -2.30. The lowest BCUT2D eigenvalue weighted by atomic mass is 10.2. The molecule has 1 aliphatic heterocycles. The average Bonchev–Trinajstić information content (AvgIpc) is 2.88. The third kappa shape index (κ3) is 3.09. The number of anilines is 1. The Morgan fingerprint density at radius 3 is 2.42 bits per heavy atom. The summed E-state index contributed by atoms with van der Waals surface area (Å²) in [6.45, 7) is 0. The first-order chi connectivity index (χ1) is 11.6. The minimum absolute atomic E-state index is 0.212. The fraction of sp³-hybridized carbons (Fsp3) is 0.111. The molecule has 24 heavy (non-hydrogen) atoms. The molecule has 0 aliphatic carbocycles. The van der Waals surface area contributed by atoms with Gasteiger partial charge in [-0.1, -0.05) is 18.2 Å². The molecule has 2 aromatic rings. The first-order valence-electron chi connectivity index (χ1n) is 7.27. The van der Waals surface area contributed by atoms with Crippen LogP contribution in [0, 0.1) is 0 Å². The third-order valence-corrected chi connectivity index (χ3v) is 3.88. The predicted molar refractivity (Wildman–Crippen MR) is 97.2 cm³/mol. The van der Waals surface area contributed by atoms with Crippen LogP contribution in [0.5, 0.6) is 11.5 Å². The Balaban J connectivity index is 1.92. The second kappa shape index (κ2) is 6.72. The molecule has 0 atom stereocenters. The van der Waals surface area contributed by atoms with Gasteiger partial charge in [0.25, 0.3) is 5.91 Å². The summed E-state index contributed by atoms with van der Waals surface area (Å²) in [4.78, 5) is 14.2. The van der Waals surface area contributed by atoms with E-state index in [4.69, 9.17) is 21.7 Å². The van der Waals surface area contributed by atoms with Gasteiger partial charge in [0, 0.05) is 6.07 Å². The molecule has 1 N–H and O–H groups in total. The number of carbonyl (C=O) groups is 1. The number of rotatable bonds is 4. The molecular weight excluding hydrogens is 324 g/mol. The van der Waals surface area contributed by atoms with Crippen molar-refractivity contribution < 1.29 is 14.3 Å². The Kier molecular flexibility index (Phi) is 4.48. The van der Waals surface area contributed by atoms with Crippen molar-refractivity contribution in [3.05, 3.63) is 59.8 Å². The van der Waals surface area contributed by atoms with Crippen LogP contribution in [0.4, 0.5) is 5.69 Å². The lowest BCUT2D eigenvalue weighted by molar-refractivity contribution is -0.113. The number of ether oxygens (including phenoxy) is 2. The van der Waals surface area contributed by atoms with E-state index in [0.717, 1.165) is 11.3 Å².